The second kappa shape index (κ2) is 6.63. The third kappa shape index (κ3) is 2.97. The number of nitrogens with zero attached hydrogens (tertiary/aromatic N) is 4. The van der Waals surface area contributed by atoms with Crippen molar-refractivity contribution in [2.24, 2.45) is 0 Å². The molecule has 0 spiro atoms. The van der Waals surface area contributed by atoms with Gasteiger partial charge >= 0.3 is 0 Å². The molecule has 0 fully saturated rings. The van der Waals surface area contributed by atoms with Gasteiger partial charge in [-0.1, -0.05) is 0 Å². The smallest absolute Gasteiger partial charge is 0.269 e. The summed E-state index contributed by atoms with van der Waals surface area (Å²) in [7, 11) is 0. The molecule has 2 N–H and O–H groups in total. The number of aliphatic hydroxyl groups excluding tert-OH is 1. The van der Waals surface area contributed by atoms with Gasteiger partial charge in [0, 0.05) is 37.7 Å². The summed E-state index contributed by atoms with van der Waals surface area (Å²) < 4.78 is 4.16. The zero-order chi connectivity index (χ0) is 17.4. The highest BCUT2D eigenvalue weighted by atomic mass is 16.3. The lowest BCUT2D eigenvalue weighted by Crippen LogP contribution is -2.40. The Balaban J connectivity index is 1.47. The van der Waals surface area contributed by atoms with E-state index in [1.807, 2.05) is 6.92 Å². The highest BCUT2D eigenvalue weighted by Gasteiger charge is 2.27. The average molecular weight is 343 g/mol. The summed E-state index contributed by atoms with van der Waals surface area (Å²) in [5, 5.41) is 12.4. The number of carbonyl (C=O) groups excluding carboxylic acids is 1. The maximum atomic E-state index is 12.7. The van der Waals surface area contributed by atoms with Gasteiger partial charge in [-0.2, -0.15) is 0 Å². The predicted octanol–water partition coefficient (Wildman–Crippen LogP) is 1.00. The molecule has 1 atom stereocenters. The fraction of sp³-hybridized carbons (Fsp3) is 0.611. The number of aryl methyl sites for hydroxylation is 2. The lowest BCUT2D eigenvalue weighted by Gasteiger charge is -2.24. The molecule has 7 heteroatoms. The van der Waals surface area contributed by atoms with Crippen LogP contribution in [0.25, 0.3) is 0 Å². The standard InChI is InChI=1S/C18H25N5O2/c1-12-20-14-10-13(5-6-15(14)22(12)8-9-24)21-18(25)16-11-19-17-4-2-3-7-23(16)17/h11,13,24H,2-10H2,1H3,(H,21,25)/t13-/m0/s1. The minimum atomic E-state index is -0.0272. The molecule has 1 aliphatic carbocycles. The van der Waals surface area contributed by atoms with E-state index in [1.165, 1.54) is 5.69 Å². The molecule has 4 rings (SSSR count). The van der Waals surface area contributed by atoms with Gasteiger partial charge in [0.2, 0.25) is 0 Å². The topological polar surface area (TPSA) is 85.0 Å². The first kappa shape index (κ1) is 16.3. The number of imidazole rings is 2. The van der Waals surface area contributed by atoms with Crippen LogP contribution in [0.4, 0.5) is 0 Å². The van der Waals surface area contributed by atoms with Gasteiger partial charge in [0.25, 0.3) is 5.91 Å². The average Bonchev–Trinajstić information content (AvgIpc) is 3.16. The molecule has 0 bridgehead atoms. The van der Waals surface area contributed by atoms with Crippen molar-refractivity contribution in [1.82, 2.24) is 24.4 Å². The first-order valence-electron chi connectivity index (χ1n) is 9.18. The molecular weight excluding hydrogens is 318 g/mol. The van der Waals surface area contributed by atoms with E-state index in [1.54, 1.807) is 6.20 Å². The third-order valence-electron chi connectivity index (χ3n) is 5.38. The highest BCUT2D eigenvalue weighted by molar-refractivity contribution is 5.92. The minimum absolute atomic E-state index is 0.0272. The Hall–Kier alpha value is -2.15. The molecule has 25 heavy (non-hydrogen) atoms. The molecular formula is C18H25N5O2. The molecule has 0 saturated carbocycles. The van der Waals surface area contributed by atoms with Crippen LogP contribution in [0.1, 0.15) is 52.8 Å². The van der Waals surface area contributed by atoms with Crippen LogP contribution in [0.2, 0.25) is 0 Å². The number of fused-ring (bicyclic) bond motifs is 2. The van der Waals surface area contributed by atoms with E-state index in [-0.39, 0.29) is 18.6 Å². The molecule has 0 unspecified atom stereocenters. The number of carbonyl (C=O) groups is 1. The van der Waals surface area contributed by atoms with E-state index in [4.69, 9.17) is 0 Å². The Labute approximate surface area is 147 Å². The predicted molar refractivity (Wildman–Crippen MR) is 92.5 cm³/mol. The van der Waals surface area contributed by atoms with Gasteiger partial charge in [-0.15, -0.1) is 0 Å². The van der Waals surface area contributed by atoms with Gasteiger partial charge in [0.05, 0.1) is 18.5 Å². The first-order chi connectivity index (χ1) is 12.2. The van der Waals surface area contributed by atoms with Gasteiger partial charge < -0.3 is 19.6 Å². The van der Waals surface area contributed by atoms with E-state index in [0.717, 1.165) is 62.4 Å². The molecule has 1 amide bonds. The Morgan fingerprint density at radius 3 is 3.12 bits per heavy atom. The van der Waals surface area contributed by atoms with Gasteiger partial charge in [-0.05, 0) is 32.6 Å². The monoisotopic (exact) mass is 343 g/mol. The normalized spacial score (nSPS) is 19.4. The molecule has 2 aliphatic rings. The fourth-order valence-electron chi connectivity index (χ4n) is 4.14. The summed E-state index contributed by atoms with van der Waals surface area (Å²) in [6.45, 7) is 3.57. The number of amides is 1. The lowest BCUT2D eigenvalue weighted by molar-refractivity contribution is 0.0922. The van der Waals surface area contributed by atoms with Crippen LogP contribution in [0.15, 0.2) is 6.20 Å². The van der Waals surface area contributed by atoms with Gasteiger partial charge in [-0.3, -0.25) is 4.79 Å². The van der Waals surface area contributed by atoms with Crippen LogP contribution in [0, 0.1) is 6.92 Å². The summed E-state index contributed by atoms with van der Waals surface area (Å²) >= 11 is 0. The zero-order valence-electron chi connectivity index (χ0n) is 14.7. The lowest BCUT2D eigenvalue weighted by atomic mass is 9.95. The molecule has 2 aromatic heterocycles. The van der Waals surface area contributed by atoms with Crippen LogP contribution >= 0.6 is 0 Å². The molecule has 0 radical (unpaired) electrons. The quantitative estimate of drug-likeness (QED) is 0.867. The number of hydrogen-bond acceptors (Lipinski definition) is 4. The third-order valence-corrected chi connectivity index (χ3v) is 5.38. The van der Waals surface area contributed by atoms with Crippen molar-refractivity contribution < 1.29 is 9.90 Å². The van der Waals surface area contributed by atoms with E-state index < -0.39 is 0 Å². The number of rotatable bonds is 4. The Morgan fingerprint density at radius 2 is 2.28 bits per heavy atom. The zero-order valence-corrected chi connectivity index (χ0v) is 14.7. The van der Waals surface area contributed by atoms with Gasteiger partial charge in [-0.25, -0.2) is 9.97 Å². The van der Waals surface area contributed by atoms with Crippen molar-refractivity contribution in [2.75, 3.05) is 6.61 Å². The number of aromatic nitrogens is 4. The molecule has 0 saturated heterocycles. The SMILES string of the molecule is Cc1nc2c(n1CCO)CC[C@H](NC(=O)c1cnc3n1CCCC3)C2. The molecule has 3 heterocycles. The molecule has 2 aromatic rings. The van der Waals surface area contributed by atoms with Crippen LogP contribution in [0.3, 0.4) is 0 Å². The van der Waals surface area contributed by atoms with Crippen molar-refractivity contribution in [1.29, 1.82) is 0 Å². The largest absolute Gasteiger partial charge is 0.395 e. The summed E-state index contributed by atoms with van der Waals surface area (Å²) in [5.41, 5.74) is 2.94. The minimum Gasteiger partial charge on any atom is -0.395 e. The van der Waals surface area contributed by atoms with Crippen molar-refractivity contribution in [3.05, 3.63) is 34.9 Å². The van der Waals surface area contributed by atoms with E-state index >= 15 is 0 Å². The van der Waals surface area contributed by atoms with Crippen molar-refractivity contribution in [2.45, 2.75) is 64.6 Å². The maximum Gasteiger partial charge on any atom is 0.269 e. The van der Waals surface area contributed by atoms with Crippen molar-refractivity contribution in [3.63, 3.8) is 0 Å². The maximum absolute atomic E-state index is 12.7. The Bertz CT molecular complexity index is 792. The Kier molecular flexibility index (Phi) is 4.33. The summed E-state index contributed by atoms with van der Waals surface area (Å²) in [6, 6.07) is 0.103. The van der Waals surface area contributed by atoms with E-state index in [9.17, 15) is 9.90 Å². The van der Waals surface area contributed by atoms with Crippen LogP contribution in [0.5, 0.6) is 0 Å². The van der Waals surface area contributed by atoms with Crippen LogP contribution in [-0.2, 0) is 32.4 Å². The Morgan fingerprint density at radius 1 is 1.40 bits per heavy atom. The van der Waals surface area contributed by atoms with Gasteiger partial charge in [0.15, 0.2) is 0 Å². The number of nitrogens with one attached hydrogen (secondary N) is 1. The van der Waals surface area contributed by atoms with Gasteiger partial charge in [0.1, 0.15) is 17.3 Å². The summed E-state index contributed by atoms with van der Waals surface area (Å²) in [4.78, 5) is 21.8. The highest BCUT2D eigenvalue weighted by Crippen LogP contribution is 2.23. The second-order valence-corrected chi connectivity index (χ2v) is 7.01. The first-order valence-corrected chi connectivity index (χ1v) is 9.18. The molecule has 1 aliphatic heterocycles. The molecule has 0 aromatic carbocycles. The van der Waals surface area contributed by atoms with Crippen molar-refractivity contribution in [3.8, 4) is 0 Å². The van der Waals surface area contributed by atoms with Crippen LogP contribution in [-0.4, -0.2) is 42.8 Å². The summed E-state index contributed by atoms with van der Waals surface area (Å²) in [6.07, 6.45) is 7.46. The van der Waals surface area contributed by atoms with E-state index in [0.29, 0.717) is 12.2 Å². The fourth-order valence-corrected chi connectivity index (χ4v) is 4.14. The molecule has 134 valence electrons. The van der Waals surface area contributed by atoms with Crippen molar-refractivity contribution >= 4 is 5.91 Å². The number of aliphatic hydroxyl groups is 1. The van der Waals surface area contributed by atoms with E-state index in [2.05, 4.69) is 24.4 Å². The molecule has 7 nitrogen and oxygen atoms in total. The van der Waals surface area contributed by atoms with Crippen LogP contribution < -0.4 is 5.32 Å². The number of hydrogen-bond donors (Lipinski definition) is 2. The summed E-state index contributed by atoms with van der Waals surface area (Å²) in [5.74, 6) is 1.94. The second-order valence-electron chi connectivity index (χ2n) is 7.01.